The fraction of sp³-hybridized carbons (Fsp3) is 0.250. The number of hydrogen-bond donors (Lipinski definition) is 0. The third-order valence-corrected chi connectivity index (χ3v) is 2.00. The van der Waals surface area contributed by atoms with Gasteiger partial charge in [0.15, 0.2) is 18.2 Å². The average Bonchev–Trinajstić information content (AvgIpc) is 2.12. The van der Waals surface area contributed by atoms with Gasteiger partial charge in [-0.3, -0.25) is 0 Å². The van der Waals surface area contributed by atoms with Gasteiger partial charge in [-0.25, -0.2) is 4.39 Å². The van der Waals surface area contributed by atoms with Gasteiger partial charge in [-0.15, -0.1) is 0 Å². The lowest BCUT2D eigenvalue weighted by molar-refractivity contribution is -0.153. The highest BCUT2D eigenvalue weighted by Gasteiger charge is 2.29. The molecular weight excluding hydrogens is 287 g/mol. The van der Waals surface area contributed by atoms with Crippen LogP contribution in [-0.2, 0) is 0 Å². The van der Waals surface area contributed by atoms with Crippen LogP contribution in [0.15, 0.2) is 16.6 Å². The Bertz CT molecular complexity index is 363. The van der Waals surface area contributed by atoms with Crippen molar-refractivity contribution in [3.05, 3.63) is 28.2 Å². The van der Waals surface area contributed by atoms with Crippen LogP contribution in [0.25, 0.3) is 0 Å². The molecule has 0 saturated carbocycles. The van der Waals surface area contributed by atoms with E-state index in [4.69, 9.17) is 0 Å². The van der Waals surface area contributed by atoms with E-state index in [1.807, 2.05) is 0 Å². The quantitative estimate of drug-likeness (QED) is 0.596. The molecule has 0 N–H and O–H groups in total. The van der Waals surface area contributed by atoms with Crippen LogP contribution in [0.5, 0.6) is 5.75 Å². The zero-order valence-corrected chi connectivity index (χ0v) is 8.62. The summed E-state index contributed by atoms with van der Waals surface area (Å²) in [6, 6.07) is 1.97. The molecule has 1 rings (SSSR count). The van der Waals surface area contributed by atoms with E-state index >= 15 is 0 Å². The highest BCUT2D eigenvalue weighted by Crippen LogP contribution is 2.27. The zero-order valence-electron chi connectivity index (χ0n) is 7.04. The molecule has 0 bridgehead atoms. The molecule has 1 aromatic rings. The Kier molecular flexibility index (Phi) is 3.54. The van der Waals surface area contributed by atoms with Crippen LogP contribution in [-0.4, -0.2) is 12.8 Å². The second kappa shape index (κ2) is 4.34. The molecule has 1 aromatic carbocycles. The number of alkyl halides is 3. The van der Waals surface area contributed by atoms with E-state index < -0.39 is 30.2 Å². The summed E-state index contributed by atoms with van der Waals surface area (Å²) >= 11 is 2.68. The molecule has 0 aliphatic carbocycles. The van der Waals surface area contributed by atoms with Gasteiger partial charge in [-0.05, 0) is 28.1 Å². The second-order valence-corrected chi connectivity index (χ2v) is 3.43. The van der Waals surface area contributed by atoms with Crippen molar-refractivity contribution in [3.63, 3.8) is 0 Å². The Hall–Kier alpha value is -0.850. The van der Waals surface area contributed by atoms with Gasteiger partial charge in [0.1, 0.15) is 0 Å². The molecule has 0 atom stereocenters. The Morgan fingerprint density at radius 2 is 1.73 bits per heavy atom. The first-order valence-electron chi connectivity index (χ1n) is 3.64. The maximum atomic E-state index is 12.9. The van der Waals surface area contributed by atoms with Gasteiger partial charge >= 0.3 is 6.18 Å². The van der Waals surface area contributed by atoms with Crippen LogP contribution in [0, 0.1) is 11.6 Å². The SMILES string of the molecule is Fc1c(Br)ccc(OCC(F)(F)F)c1F. The van der Waals surface area contributed by atoms with Gasteiger partial charge in [-0.1, -0.05) is 0 Å². The van der Waals surface area contributed by atoms with E-state index in [1.54, 1.807) is 0 Å². The van der Waals surface area contributed by atoms with Crippen LogP contribution in [0.3, 0.4) is 0 Å². The van der Waals surface area contributed by atoms with Crippen LogP contribution in [0.2, 0.25) is 0 Å². The molecule has 0 aliphatic rings. The zero-order chi connectivity index (χ0) is 11.6. The molecule has 0 saturated heterocycles. The Morgan fingerprint density at radius 1 is 1.13 bits per heavy atom. The van der Waals surface area contributed by atoms with Crippen molar-refractivity contribution in [2.24, 2.45) is 0 Å². The van der Waals surface area contributed by atoms with Gasteiger partial charge in [0.25, 0.3) is 0 Å². The summed E-state index contributed by atoms with van der Waals surface area (Å²) in [5.74, 6) is -3.50. The van der Waals surface area contributed by atoms with Crippen molar-refractivity contribution in [1.29, 1.82) is 0 Å². The molecule has 0 unspecified atom stereocenters. The number of ether oxygens (including phenoxy) is 1. The van der Waals surface area contributed by atoms with Gasteiger partial charge in [0.05, 0.1) is 4.47 Å². The number of rotatable bonds is 2. The van der Waals surface area contributed by atoms with Crippen molar-refractivity contribution < 1.29 is 26.7 Å². The van der Waals surface area contributed by atoms with Crippen LogP contribution in [0.1, 0.15) is 0 Å². The van der Waals surface area contributed by atoms with Gasteiger partial charge < -0.3 is 4.74 Å². The third-order valence-electron chi connectivity index (χ3n) is 1.39. The first-order valence-corrected chi connectivity index (χ1v) is 4.43. The summed E-state index contributed by atoms with van der Waals surface area (Å²) in [6.45, 7) is -1.66. The average molecular weight is 291 g/mol. The lowest BCUT2D eigenvalue weighted by atomic mass is 10.3. The first-order chi connectivity index (χ1) is 6.81. The molecule has 15 heavy (non-hydrogen) atoms. The Morgan fingerprint density at radius 3 is 2.27 bits per heavy atom. The van der Waals surface area contributed by atoms with E-state index in [1.165, 1.54) is 0 Å². The van der Waals surface area contributed by atoms with Gasteiger partial charge in [-0.2, -0.15) is 17.6 Å². The lowest BCUT2D eigenvalue weighted by Gasteiger charge is -2.10. The van der Waals surface area contributed by atoms with Crippen LogP contribution >= 0.6 is 15.9 Å². The fourth-order valence-electron chi connectivity index (χ4n) is 0.779. The smallest absolute Gasteiger partial charge is 0.422 e. The second-order valence-electron chi connectivity index (χ2n) is 2.58. The summed E-state index contributed by atoms with van der Waals surface area (Å²) in [5.41, 5.74) is 0. The van der Waals surface area contributed by atoms with Crippen molar-refractivity contribution in [1.82, 2.24) is 0 Å². The summed E-state index contributed by atoms with van der Waals surface area (Å²) in [5, 5.41) is 0. The summed E-state index contributed by atoms with van der Waals surface area (Å²) in [4.78, 5) is 0. The third kappa shape index (κ3) is 3.33. The van der Waals surface area contributed by atoms with Crippen molar-refractivity contribution in [2.45, 2.75) is 6.18 Å². The minimum Gasteiger partial charge on any atom is -0.481 e. The maximum absolute atomic E-state index is 12.9. The van der Waals surface area contributed by atoms with Crippen molar-refractivity contribution in [2.75, 3.05) is 6.61 Å². The summed E-state index contributed by atoms with van der Waals surface area (Å²) in [6.07, 6.45) is -4.59. The Balaban J connectivity index is 2.83. The molecule has 0 heterocycles. The standard InChI is InChI=1S/C8H4BrF5O/c9-4-1-2-5(7(11)6(4)10)15-3-8(12,13)14/h1-2H,3H2. The monoisotopic (exact) mass is 290 g/mol. The highest BCUT2D eigenvalue weighted by atomic mass is 79.9. The largest absolute Gasteiger partial charge is 0.481 e. The predicted molar refractivity (Wildman–Crippen MR) is 45.6 cm³/mol. The van der Waals surface area contributed by atoms with E-state index in [2.05, 4.69) is 20.7 Å². The molecule has 0 fully saturated rings. The van der Waals surface area contributed by atoms with Crippen molar-refractivity contribution >= 4 is 15.9 Å². The van der Waals surface area contributed by atoms with Crippen molar-refractivity contribution in [3.8, 4) is 5.75 Å². The van der Waals surface area contributed by atoms with Crippen LogP contribution in [0.4, 0.5) is 22.0 Å². The number of halogens is 6. The molecule has 7 heteroatoms. The topological polar surface area (TPSA) is 9.23 Å². The molecule has 0 aliphatic heterocycles. The molecule has 1 nitrogen and oxygen atoms in total. The van der Waals surface area contributed by atoms with Crippen LogP contribution < -0.4 is 4.74 Å². The summed E-state index contributed by atoms with van der Waals surface area (Å²) < 4.78 is 64.8. The Labute approximate surface area is 90.0 Å². The molecule has 0 amide bonds. The number of hydrogen-bond acceptors (Lipinski definition) is 1. The van der Waals surface area contributed by atoms with Gasteiger partial charge in [0.2, 0.25) is 5.82 Å². The normalized spacial score (nSPS) is 11.6. The van der Waals surface area contributed by atoms with E-state index in [-0.39, 0.29) is 4.47 Å². The fourth-order valence-corrected chi connectivity index (χ4v) is 1.09. The highest BCUT2D eigenvalue weighted by molar-refractivity contribution is 9.10. The summed E-state index contributed by atoms with van der Waals surface area (Å²) in [7, 11) is 0. The molecule has 84 valence electrons. The van der Waals surface area contributed by atoms with E-state index in [0.29, 0.717) is 0 Å². The minimum atomic E-state index is -4.59. The van der Waals surface area contributed by atoms with E-state index in [0.717, 1.165) is 12.1 Å². The number of benzene rings is 1. The molecule has 0 radical (unpaired) electrons. The molecular formula is C8H4BrF5O. The van der Waals surface area contributed by atoms with E-state index in [9.17, 15) is 22.0 Å². The minimum absolute atomic E-state index is 0.181. The molecule has 0 aromatic heterocycles. The molecule has 0 spiro atoms. The first kappa shape index (κ1) is 12.2. The maximum Gasteiger partial charge on any atom is 0.422 e. The van der Waals surface area contributed by atoms with Gasteiger partial charge in [0, 0.05) is 0 Å². The predicted octanol–water partition coefficient (Wildman–Crippen LogP) is 3.67. The lowest BCUT2D eigenvalue weighted by Crippen LogP contribution is -2.19.